The molecule has 4 heteroatoms. The van der Waals surface area contributed by atoms with Gasteiger partial charge in [-0.1, -0.05) is 13.8 Å². The van der Waals surface area contributed by atoms with Gasteiger partial charge in [-0.3, -0.25) is 4.90 Å². The van der Waals surface area contributed by atoms with E-state index in [-0.39, 0.29) is 11.0 Å². The van der Waals surface area contributed by atoms with Gasteiger partial charge < -0.3 is 10.2 Å². The summed E-state index contributed by atoms with van der Waals surface area (Å²) in [6, 6.07) is 2.25. The largest absolute Gasteiger partial charge is 0.314 e. The molecule has 1 fully saturated rings. The van der Waals surface area contributed by atoms with Crippen LogP contribution < -0.4 is 5.32 Å². The average Bonchev–Trinajstić information content (AvgIpc) is 2.36. The number of nitrogens with zero attached hydrogens (tertiary/aromatic N) is 3. The molecule has 1 rings (SSSR count). The van der Waals surface area contributed by atoms with Crippen molar-refractivity contribution in [3.8, 4) is 6.07 Å². The quantitative estimate of drug-likeness (QED) is 0.774. The van der Waals surface area contributed by atoms with Crippen LogP contribution in [0.15, 0.2) is 0 Å². The molecule has 1 heterocycles. The maximum absolute atomic E-state index is 8.69. The SMILES string of the molecule is CN1CCN(C(C)(C)CNCC(C)(C)CCC#N)CC1. The normalized spacial score (nSPS) is 19.0. The van der Waals surface area contributed by atoms with Crippen molar-refractivity contribution in [1.82, 2.24) is 15.1 Å². The van der Waals surface area contributed by atoms with Crippen LogP contribution in [0.1, 0.15) is 40.5 Å². The fourth-order valence-corrected chi connectivity index (χ4v) is 2.71. The molecule has 1 aliphatic rings. The smallest absolute Gasteiger partial charge is 0.0621 e. The van der Waals surface area contributed by atoms with Gasteiger partial charge in [0.25, 0.3) is 0 Å². The molecule has 0 bridgehead atoms. The first kappa shape index (κ1) is 17.4. The molecule has 20 heavy (non-hydrogen) atoms. The molecule has 0 atom stereocenters. The summed E-state index contributed by atoms with van der Waals surface area (Å²) in [6.45, 7) is 15.8. The van der Waals surface area contributed by atoms with E-state index < -0.39 is 0 Å². The highest BCUT2D eigenvalue weighted by atomic mass is 15.3. The van der Waals surface area contributed by atoms with Gasteiger partial charge >= 0.3 is 0 Å². The second kappa shape index (κ2) is 7.40. The van der Waals surface area contributed by atoms with E-state index in [1.165, 1.54) is 0 Å². The third-order valence-electron chi connectivity index (χ3n) is 4.43. The fraction of sp³-hybridized carbons (Fsp3) is 0.938. The molecule has 0 unspecified atom stereocenters. The summed E-state index contributed by atoms with van der Waals surface area (Å²) >= 11 is 0. The maximum atomic E-state index is 8.69. The Morgan fingerprint density at radius 2 is 1.65 bits per heavy atom. The van der Waals surface area contributed by atoms with Crippen molar-refractivity contribution in [3.63, 3.8) is 0 Å². The van der Waals surface area contributed by atoms with E-state index in [4.69, 9.17) is 5.26 Å². The summed E-state index contributed by atoms with van der Waals surface area (Å²) in [5.41, 5.74) is 0.403. The predicted octanol–water partition coefficient (Wildman–Crippen LogP) is 1.93. The van der Waals surface area contributed by atoms with E-state index in [0.717, 1.165) is 45.7 Å². The Morgan fingerprint density at radius 1 is 1.05 bits per heavy atom. The minimum absolute atomic E-state index is 0.201. The van der Waals surface area contributed by atoms with Crippen molar-refractivity contribution in [2.45, 2.75) is 46.1 Å². The molecule has 0 aliphatic carbocycles. The number of likely N-dealkylation sites (N-methyl/N-ethyl adjacent to an activating group) is 1. The Balaban J connectivity index is 2.34. The Labute approximate surface area is 125 Å². The summed E-state index contributed by atoms with van der Waals surface area (Å²) in [5, 5.41) is 12.3. The zero-order valence-electron chi connectivity index (χ0n) is 14.0. The summed E-state index contributed by atoms with van der Waals surface area (Å²) < 4.78 is 0. The zero-order chi connectivity index (χ0) is 15.2. The van der Waals surface area contributed by atoms with Gasteiger partial charge in [-0.2, -0.15) is 5.26 Å². The van der Waals surface area contributed by atoms with Crippen LogP contribution in [0.3, 0.4) is 0 Å². The van der Waals surface area contributed by atoms with Crippen LogP contribution in [0.25, 0.3) is 0 Å². The van der Waals surface area contributed by atoms with E-state index in [0.29, 0.717) is 6.42 Å². The van der Waals surface area contributed by atoms with Crippen LogP contribution in [0.5, 0.6) is 0 Å². The molecule has 4 nitrogen and oxygen atoms in total. The van der Waals surface area contributed by atoms with Crippen molar-refractivity contribution in [3.05, 3.63) is 0 Å². The molecule has 0 aromatic heterocycles. The number of hydrogen-bond acceptors (Lipinski definition) is 4. The Kier molecular flexibility index (Phi) is 6.44. The van der Waals surface area contributed by atoms with E-state index in [1.807, 2.05) is 0 Å². The second-order valence-electron chi connectivity index (χ2n) is 7.53. The lowest BCUT2D eigenvalue weighted by Gasteiger charge is -2.43. The topological polar surface area (TPSA) is 42.3 Å². The summed E-state index contributed by atoms with van der Waals surface area (Å²) in [5.74, 6) is 0. The molecule has 0 amide bonds. The Morgan fingerprint density at radius 3 is 2.20 bits per heavy atom. The highest BCUT2D eigenvalue weighted by Crippen LogP contribution is 2.21. The third kappa shape index (κ3) is 5.78. The Bertz CT molecular complexity index is 322. The second-order valence-corrected chi connectivity index (χ2v) is 7.53. The highest BCUT2D eigenvalue weighted by Gasteiger charge is 2.29. The molecular weight excluding hydrogens is 248 g/mol. The number of rotatable bonds is 7. The first-order chi connectivity index (χ1) is 9.27. The summed E-state index contributed by atoms with van der Waals surface area (Å²) in [4.78, 5) is 4.98. The predicted molar refractivity (Wildman–Crippen MR) is 84.6 cm³/mol. The van der Waals surface area contributed by atoms with Crippen molar-refractivity contribution in [2.24, 2.45) is 5.41 Å². The molecule has 0 spiro atoms. The van der Waals surface area contributed by atoms with Gasteiger partial charge in [-0.15, -0.1) is 0 Å². The number of hydrogen-bond donors (Lipinski definition) is 1. The van der Waals surface area contributed by atoms with E-state index in [9.17, 15) is 0 Å². The molecule has 1 saturated heterocycles. The first-order valence-corrected chi connectivity index (χ1v) is 7.78. The molecule has 0 radical (unpaired) electrons. The van der Waals surface area contributed by atoms with Crippen molar-refractivity contribution in [1.29, 1.82) is 5.26 Å². The molecule has 116 valence electrons. The minimum Gasteiger partial charge on any atom is -0.314 e. The lowest BCUT2D eigenvalue weighted by atomic mass is 9.87. The molecule has 1 aliphatic heterocycles. The van der Waals surface area contributed by atoms with E-state index in [2.05, 4.69) is 55.9 Å². The average molecular weight is 280 g/mol. The number of nitrogens with one attached hydrogen (secondary N) is 1. The first-order valence-electron chi connectivity index (χ1n) is 7.78. The summed E-state index contributed by atoms with van der Waals surface area (Å²) in [6.07, 6.45) is 1.61. The number of piperazine rings is 1. The Hall–Kier alpha value is -0.630. The van der Waals surface area contributed by atoms with Crippen LogP contribution in [-0.2, 0) is 0 Å². The zero-order valence-corrected chi connectivity index (χ0v) is 14.0. The minimum atomic E-state index is 0.201. The molecular formula is C16H32N4. The van der Waals surface area contributed by atoms with Crippen molar-refractivity contribution in [2.75, 3.05) is 46.3 Å². The van der Waals surface area contributed by atoms with Gasteiger partial charge in [-0.05, 0) is 32.7 Å². The number of nitriles is 1. The van der Waals surface area contributed by atoms with Crippen LogP contribution in [0.4, 0.5) is 0 Å². The third-order valence-corrected chi connectivity index (χ3v) is 4.43. The van der Waals surface area contributed by atoms with Gasteiger partial charge in [0.05, 0.1) is 6.07 Å². The van der Waals surface area contributed by atoms with Gasteiger partial charge in [-0.25, -0.2) is 0 Å². The molecule has 1 N–H and O–H groups in total. The lowest BCUT2D eigenvalue weighted by Crippen LogP contribution is -2.57. The lowest BCUT2D eigenvalue weighted by molar-refractivity contribution is 0.0603. The van der Waals surface area contributed by atoms with E-state index in [1.54, 1.807) is 0 Å². The van der Waals surface area contributed by atoms with Gasteiger partial charge in [0.2, 0.25) is 0 Å². The van der Waals surface area contributed by atoms with Gasteiger partial charge in [0, 0.05) is 51.2 Å². The molecule has 0 aromatic rings. The van der Waals surface area contributed by atoms with Crippen LogP contribution in [0.2, 0.25) is 0 Å². The standard InChI is InChI=1S/C16H32N4/c1-15(2,7-6-8-17)13-18-14-16(3,4)20-11-9-19(5)10-12-20/h18H,6-7,9-14H2,1-5H3. The van der Waals surface area contributed by atoms with Crippen LogP contribution >= 0.6 is 0 Å². The van der Waals surface area contributed by atoms with Crippen molar-refractivity contribution < 1.29 is 0 Å². The van der Waals surface area contributed by atoms with E-state index >= 15 is 0 Å². The van der Waals surface area contributed by atoms with Crippen LogP contribution in [-0.4, -0.2) is 61.7 Å². The fourth-order valence-electron chi connectivity index (χ4n) is 2.71. The summed E-state index contributed by atoms with van der Waals surface area (Å²) in [7, 11) is 2.19. The molecule has 0 saturated carbocycles. The maximum Gasteiger partial charge on any atom is 0.0621 e. The van der Waals surface area contributed by atoms with Gasteiger partial charge in [0.15, 0.2) is 0 Å². The van der Waals surface area contributed by atoms with Gasteiger partial charge in [0.1, 0.15) is 0 Å². The van der Waals surface area contributed by atoms with Crippen LogP contribution in [0, 0.1) is 16.7 Å². The highest BCUT2D eigenvalue weighted by molar-refractivity contribution is 4.88. The molecule has 0 aromatic carbocycles. The van der Waals surface area contributed by atoms with Crippen molar-refractivity contribution >= 4 is 0 Å². The monoisotopic (exact) mass is 280 g/mol.